The van der Waals surface area contributed by atoms with Gasteiger partial charge in [0.2, 0.25) is 5.78 Å². The Kier molecular flexibility index (Phi) is 4.93. The van der Waals surface area contributed by atoms with Gasteiger partial charge in [-0.2, -0.15) is 5.10 Å². The van der Waals surface area contributed by atoms with E-state index in [1.165, 1.54) is 6.20 Å². The zero-order valence-corrected chi connectivity index (χ0v) is 12.0. The Morgan fingerprint density at radius 3 is 3.11 bits per heavy atom. The molecule has 1 unspecified atom stereocenters. The molecule has 7 heteroatoms. The molecule has 1 N–H and O–H groups in total. The van der Waals surface area contributed by atoms with Crippen molar-refractivity contribution in [3.63, 3.8) is 0 Å². The molecule has 1 saturated heterocycles. The highest BCUT2D eigenvalue weighted by atomic mass is 35.5. The highest BCUT2D eigenvalue weighted by Crippen LogP contribution is 2.18. The van der Waals surface area contributed by atoms with E-state index < -0.39 is 6.10 Å². The molecule has 0 amide bonds. The zero-order chi connectivity index (χ0) is 13.8. The molecule has 0 spiro atoms. The van der Waals surface area contributed by atoms with Crippen molar-refractivity contribution < 1.29 is 9.53 Å². The van der Waals surface area contributed by atoms with E-state index in [1.54, 1.807) is 4.68 Å². The van der Waals surface area contributed by atoms with Crippen LogP contribution in [0.4, 0.5) is 0 Å². The first-order valence-electron chi connectivity index (χ1n) is 6.32. The molecule has 2 rings (SSSR count). The number of rotatable bonds is 5. The molecule has 19 heavy (non-hydrogen) atoms. The number of halogens is 1. The summed E-state index contributed by atoms with van der Waals surface area (Å²) >= 11 is 6.08. The van der Waals surface area contributed by atoms with Crippen molar-refractivity contribution in [1.82, 2.24) is 20.0 Å². The van der Waals surface area contributed by atoms with Crippen LogP contribution in [0.5, 0.6) is 0 Å². The maximum Gasteiger partial charge on any atom is 0.212 e. The summed E-state index contributed by atoms with van der Waals surface area (Å²) in [7, 11) is 3.95. The van der Waals surface area contributed by atoms with Crippen LogP contribution < -0.4 is 5.32 Å². The normalized spacial score (nSPS) is 19.9. The van der Waals surface area contributed by atoms with Crippen LogP contribution in [-0.4, -0.2) is 66.9 Å². The average molecular weight is 287 g/mol. The van der Waals surface area contributed by atoms with Gasteiger partial charge in [0.1, 0.15) is 11.8 Å². The number of hydrogen-bond acceptors (Lipinski definition) is 5. The van der Waals surface area contributed by atoms with Crippen molar-refractivity contribution in [2.45, 2.75) is 12.6 Å². The summed E-state index contributed by atoms with van der Waals surface area (Å²) in [6.07, 6.45) is 1.04. The van der Waals surface area contributed by atoms with Crippen LogP contribution in [0.1, 0.15) is 10.5 Å². The van der Waals surface area contributed by atoms with Crippen LogP contribution in [0.3, 0.4) is 0 Å². The number of carbonyl (C=O) groups is 1. The second-order valence-corrected chi connectivity index (χ2v) is 5.20. The van der Waals surface area contributed by atoms with Crippen LogP contribution in [0, 0.1) is 0 Å². The van der Waals surface area contributed by atoms with E-state index in [1.807, 2.05) is 19.0 Å². The maximum atomic E-state index is 12.4. The van der Waals surface area contributed by atoms with Crippen molar-refractivity contribution in [3.8, 4) is 0 Å². The van der Waals surface area contributed by atoms with Gasteiger partial charge in [0.15, 0.2) is 0 Å². The summed E-state index contributed by atoms with van der Waals surface area (Å²) in [5.41, 5.74) is 0.442. The largest absolute Gasteiger partial charge is 0.367 e. The van der Waals surface area contributed by atoms with Gasteiger partial charge >= 0.3 is 0 Å². The number of carbonyl (C=O) groups excluding carboxylic acids is 1. The Bertz CT molecular complexity index is 441. The summed E-state index contributed by atoms with van der Waals surface area (Å²) in [6.45, 7) is 3.26. The van der Waals surface area contributed by atoms with Crippen LogP contribution >= 0.6 is 11.6 Å². The Morgan fingerprint density at radius 1 is 1.68 bits per heavy atom. The van der Waals surface area contributed by atoms with Gasteiger partial charge in [0.25, 0.3) is 0 Å². The average Bonchev–Trinajstić information content (AvgIpc) is 2.78. The lowest BCUT2D eigenvalue weighted by Gasteiger charge is -2.23. The van der Waals surface area contributed by atoms with Gasteiger partial charge in [0.05, 0.1) is 24.4 Å². The minimum absolute atomic E-state index is 0.103. The second-order valence-electron chi connectivity index (χ2n) is 4.80. The number of ketones is 1. The van der Waals surface area contributed by atoms with Crippen LogP contribution in [0.2, 0.25) is 5.02 Å². The standard InChI is InChI=1S/C12H19ClN4O2/c1-16(2)4-5-17-11(9(13)7-15-17)12(18)10-8-14-3-6-19-10/h7,10,14H,3-6,8H2,1-2H3. The van der Waals surface area contributed by atoms with Crippen LogP contribution in [-0.2, 0) is 11.3 Å². The van der Waals surface area contributed by atoms with Crippen molar-refractivity contribution in [2.24, 2.45) is 0 Å². The summed E-state index contributed by atoms with van der Waals surface area (Å²) < 4.78 is 7.13. The molecule has 0 aromatic carbocycles. The number of aromatic nitrogens is 2. The fraction of sp³-hybridized carbons (Fsp3) is 0.667. The third-order valence-electron chi connectivity index (χ3n) is 3.01. The Morgan fingerprint density at radius 2 is 2.47 bits per heavy atom. The van der Waals surface area contributed by atoms with Gasteiger partial charge in [-0.05, 0) is 14.1 Å². The van der Waals surface area contributed by atoms with Gasteiger partial charge < -0.3 is 15.0 Å². The third kappa shape index (κ3) is 3.54. The van der Waals surface area contributed by atoms with Crippen molar-refractivity contribution in [3.05, 3.63) is 16.9 Å². The molecule has 0 aliphatic carbocycles. The molecule has 1 aromatic heterocycles. The first-order chi connectivity index (χ1) is 9.09. The Balaban J connectivity index is 2.13. The third-order valence-corrected chi connectivity index (χ3v) is 3.28. The van der Waals surface area contributed by atoms with Crippen molar-refractivity contribution >= 4 is 17.4 Å². The lowest BCUT2D eigenvalue weighted by atomic mass is 10.1. The molecule has 0 bridgehead atoms. The first kappa shape index (κ1) is 14.5. The summed E-state index contributed by atoms with van der Waals surface area (Å²) in [5, 5.41) is 7.69. The smallest absolute Gasteiger partial charge is 0.212 e. The Hall–Kier alpha value is -0.950. The highest BCUT2D eigenvalue weighted by molar-refractivity contribution is 6.33. The zero-order valence-electron chi connectivity index (χ0n) is 11.2. The Labute approximate surface area is 117 Å². The van der Waals surface area contributed by atoms with Crippen molar-refractivity contribution in [1.29, 1.82) is 0 Å². The number of nitrogens with one attached hydrogen (secondary N) is 1. The monoisotopic (exact) mass is 286 g/mol. The van der Waals surface area contributed by atoms with E-state index in [4.69, 9.17) is 16.3 Å². The molecule has 1 aliphatic rings. The van der Waals surface area contributed by atoms with E-state index in [9.17, 15) is 4.79 Å². The predicted octanol–water partition coefficient (Wildman–Crippen LogP) is 0.269. The highest BCUT2D eigenvalue weighted by Gasteiger charge is 2.28. The minimum atomic E-state index is -0.471. The molecule has 1 aromatic rings. The molecule has 1 aliphatic heterocycles. The fourth-order valence-electron chi connectivity index (χ4n) is 1.96. The molecule has 106 valence electrons. The molecule has 1 atom stereocenters. The first-order valence-corrected chi connectivity index (χ1v) is 6.70. The van der Waals surface area contributed by atoms with E-state index in [0.717, 1.165) is 13.1 Å². The quantitative estimate of drug-likeness (QED) is 0.788. The van der Waals surface area contributed by atoms with Gasteiger partial charge in [0, 0.05) is 19.6 Å². The van der Waals surface area contributed by atoms with Gasteiger partial charge in [-0.15, -0.1) is 0 Å². The van der Waals surface area contributed by atoms with Crippen molar-refractivity contribution in [2.75, 3.05) is 40.3 Å². The molecular formula is C12H19ClN4O2. The number of likely N-dealkylation sites (N-methyl/N-ethyl adjacent to an activating group) is 1. The van der Waals surface area contributed by atoms with Gasteiger partial charge in [-0.25, -0.2) is 0 Å². The summed E-state index contributed by atoms with van der Waals surface area (Å²) in [6, 6.07) is 0. The molecule has 0 saturated carbocycles. The van der Waals surface area contributed by atoms with Gasteiger partial charge in [-0.1, -0.05) is 11.6 Å². The molecule has 0 radical (unpaired) electrons. The van der Waals surface area contributed by atoms with Crippen LogP contribution in [0.25, 0.3) is 0 Å². The number of Topliss-reactive ketones (excluding diaryl/α,β-unsaturated/α-hetero) is 1. The number of hydrogen-bond donors (Lipinski definition) is 1. The molecule has 6 nitrogen and oxygen atoms in total. The number of morpholine rings is 1. The number of ether oxygens (including phenoxy) is 1. The van der Waals surface area contributed by atoms with E-state index in [2.05, 4.69) is 10.4 Å². The fourth-order valence-corrected chi connectivity index (χ4v) is 2.19. The second kappa shape index (κ2) is 6.47. The van der Waals surface area contributed by atoms with E-state index >= 15 is 0 Å². The SMILES string of the molecule is CN(C)CCn1ncc(Cl)c1C(=O)C1CNCCO1. The number of nitrogens with zero attached hydrogens (tertiary/aromatic N) is 3. The predicted molar refractivity (Wildman–Crippen MR) is 72.7 cm³/mol. The summed E-state index contributed by atoms with van der Waals surface area (Å²) in [4.78, 5) is 14.5. The lowest BCUT2D eigenvalue weighted by Crippen LogP contribution is -2.43. The van der Waals surface area contributed by atoms with Gasteiger partial charge in [-0.3, -0.25) is 9.48 Å². The molecule has 1 fully saturated rings. The van der Waals surface area contributed by atoms with Crippen LogP contribution in [0.15, 0.2) is 6.20 Å². The summed E-state index contributed by atoms with van der Waals surface area (Å²) in [5.74, 6) is -0.103. The van der Waals surface area contributed by atoms with E-state index in [-0.39, 0.29) is 5.78 Å². The van der Waals surface area contributed by atoms with E-state index in [0.29, 0.717) is 30.4 Å². The minimum Gasteiger partial charge on any atom is -0.367 e. The lowest BCUT2D eigenvalue weighted by molar-refractivity contribution is 0.0261. The molecule has 2 heterocycles. The topological polar surface area (TPSA) is 59.4 Å². The molecular weight excluding hydrogens is 268 g/mol. The maximum absolute atomic E-state index is 12.4.